The van der Waals surface area contributed by atoms with Crippen molar-refractivity contribution in [2.24, 2.45) is 17.8 Å². The summed E-state index contributed by atoms with van der Waals surface area (Å²) in [5.74, 6) is 2.22. The first kappa shape index (κ1) is 25.3. The molecule has 34 heavy (non-hydrogen) atoms. The van der Waals surface area contributed by atoms with Crippen LogP contribution in [0.5, 0.6) is 11.5 Å². The number of hydrogen-bond donors (Lipinski definition) is 1. The Morgan fingerprint density at radius 1 is 1.06 bits per heavy atom. The highest BCUT2D eigenvalue weighted by Crippen LogP contribution is 2.34. The van der Waals surface area contributed by atoms with Gasteiger partial charge in [0.2, 0.25) is 15.9 Å². The van der Waals surface area contributed by atoms with Crippen LogP contribution in [0, 0.1) is 17.8 Å². The van der Waals surface area contributed by atoms with Gasteiger partial charge in [0.15, 0.2) is 11.5 Å². The number of nitrogens with one attached hydrogen (secondary N) is 1. The highest BCUT2D eigenvalue weighted by Gasteiger charge is 2.35. The lowest BCUT2D eigenvalue weighted by molar-refractivity contribution is -0.126. The Kier molecular flexibility index (Phi) is 7.45. The average molecular weight is 494 g/mol. The molecular weight excluding hydrogens is 454 g/mol. The number of carbonyl (C=O) groups excluding carboxylic acids is 1. The number of sulfonamides is 1. The fourth-order valence-electron chi connectivity index (χ4n) is 5.41. The van der Waals surface area contributed by atoms with Crippen LogP contribution in [0.4, 0.5) is 0 Å². The van der Waals surface area contributed by atoms with Gasteiger partial charge in [-0.25, -0.2) is 8.42 Å². The molecule has 3 heterocycles. The molecule has 0 aliphatic carbocycles. The van der Waals surface area contributed by atoms with E-state index in [4.69, 9.17) is 9.47 Å². The number of ether oxygens (including phenoxy) is 2. The first-order valence-corrected chi connectivity index (χ1v) is 13.9. The molecule has 190 valence electrons. The molecule has 1 aromatic rings. The zero-order chi connectivity index (χ0) is 24.5. The van der Waals surface area contributed by atoms with Crippen LogP contribution in [0.2, 0.25) is 0 Å². The minimum Gasteiger partial charge on any atom is -0.486 e. The molecule has 0 bridgehead atoms. The molecule has 1 aromatic carbocycles. The summed E-state index contributed by atoms with van der Waals surface area (Å²) in [5, 5.41) is 3.16. The number of likely N-dealkylation sites (tertiary alicyclic amines) is 1. The van der Waals surface area contributed by atoms with Gasteiger partial charge in [-0.15, -0.1) is 0 Å². The van der Waals surface area contributed by atoms with Crippen molar-refractivity contribution in [2.75, 3.05) is 45.9 Å². The summed E-state index contributed by atoms with van der Waals surface area (Å²) in [6.07, 6.45) is 2.30. The zero-order valence-electron chi connectivity index (χ0n) is 20.9. The Bertz CT molecular complexity index is 978. The van der Waals surface area contributed by atoms with Gasteiger partial charge >= 0.3 is 0 Å². The fourth-order valence-corrected chi connectivity index (χ4v) is 6.89. The van der Waals surface area contributed by atoms with E-state index in [0.29, 0.717) is 69.0 Å². The van der Waals surface area contributed by atoms with E-state index in [9.17, 15) is 13.2 Å². The van der Waals surface area contributed by atoms with Crippen molar-refractivity contribution in [1.82, 2.24) is 14.5 Å². The SMILES string of the molecule is CC1CC(C)CN(C(C)(C)CNC(=O)C2CCN(S(=O)(=O)c3ccc4c(c3)OCCO4)CC2)C1. The number of fused-ring (bicyclic) bond motifs is 1. The highest BCUT2D eigenvalue weighted by molar-refractivity contribution is 7.89. The van der Waals surface area contributed by atoms with Gasteiger partial charge in [0.05, 0.1) is 4.90 Å². The fraction of sp³-hybridized carbons (Fsp3) is 0.720. The zero-order valence-corrected chi connectivity index (χ0v) is 21.7. The summed E-state index contributed by atoms with van der Waals surface area (Å²) in [4.78, 5) is 15.6. The summed E-state index contributed by atoms with van der Waals surface area (Å²) in [5.41, 5.74) is -0.110. The Hall–Kier alpha value is -1.84. The van der Waals surface area contributed by atoms with Crippen LogP contribution in [0.15, 0.2) is 23.1 Å². The third-order valence-corrected chi connectivity index (χ3v) is 9.29. The molecule has 2 saturated heterocycles. The summed E-state index contributed by atoms with van der Waals surface area (Å²) >= 11 is 0. The highest BCUT2D eigenvalue weighted by atomic mass is 32.2. The smallest absolute Gasteiger partial charge is 0.243 e. The van der Waals surface area contributed by atoms with Gasteiger partial charge in [0, 0.05) is 50.2 Å². The Labute approximate surface area is 204 Å². The van der Waals surface area contributed by atoms with E-state index < -0.39 is 10.0 Å². The maximum absolute atomic E-state index is 13.2. The van der Waals surface area contributed by atoms with Gasteiger partial charge in [0.25, 0.3) is 0 Å². The van der Waals surface area contributed by atoms with Crippen LogP contribution in [-0.4, -0.2) is 75.0 Å². The third-order valence-electron chi connectivity index (χ3n) is 7.40. The normalized spacial score (nSPS) is 25.2. The molecule has 2 fully saturated rings. The molecule has 1 N–H and O–H groups in total. The summed E-state index contributed by atoms with van der Waals surface area (Å²) in [7, 11) is -3.65. The molecule has 0 saturated carbocycles. The number of piperidine rings is 2. The first-order chi connectivity index (χ1) is 16.1. The maximum Gasteiger partial charge on any atom is 0.243 e. The van der Waals surface area contributed by atoms with Crippen molar-refractivity contribution in [1.29, 1.82) is 0 Å². The van der Waals surface area contributed by atoms with Crippen LogP contribution in [0.3, 0.4) is 0 Å². The van der Waals surface area contributed by atoms with Gasteiger partial charge in [-0.2, -0.15) is 4.31 Å². The molecule has 1 amide bonds. The molecule has 2 unspecified atom stereocenters. The second kappa shape index (κ2) is 10.0. The number of benzene rings is 1. The van der Waals surface area contributed by atoms with Crippen LogP contribution in [0.1, 0.15) is 47.0 Å². The predicted octanol–water partition coefficient (Wildman–Crippen LogP) is 2.73. The van der Waals surface area contributed by atoms with Crippen molar-refractivity contribution in [2.45, 2.75) is 57.4 Å². The predicted molar refractivity (Wildman–Crippen MR) is 131 cm³/mol. The van der Waals surface area contributed by atoms with E-state index in [1.165, 1.54) is 16.8 Å². The number of carbonyl (C=O) groups is 1. The number of amides is 1. The van der Waals surface area contributed by atoms with Crippen molar-refractivity contribution in [3.8, 4) is 11.5 Å². The molecule has 0 spiro atoms. The van der Waals surface area contributed by atoms with Crippen LogP contribution >= 0.6 is 0 Å². The van der Waals surface area contributed by atoms with Gasteiger partial charge in [-0.05, 0) is 57.1 Å². The molecule has 0 radical (unpaired) electrons. The minimum absolute atomic E-state index is 0.0301. The quantitative estimate of drug-likeness (QED) is 0.656. The number of hydrogen-bond acceptors (Lipinski definition) is 6. The lowest BCUT2D eigenvalue weighted by Gasteiger charge is -2.45. The van der Waals surface area contributed by atoms with E-state index >= 15 is 0 Å². The van der Waals surface area contributed by atoms with Crippen LogP contribution < -0.4 is 14.8 Å². The molecular formula is C25H39N3O5S. The Morgan fingerprint density at radius 3 is 2.32 bits per heavy atom. The summed E-state index contributed by atoms with van der Waals surface area (Å²) in [6, 6.07) is 4.74. The minimum atomic E-state index is -3.65. The monoisotopic (exact) mass is 493 g/mol. The maximum atomic E-state index is 13.2. The van der Waals surface area contributed by atoms with Crippen molar-refractivity contribution < 1.29 is 22.7 Å². The van der Waals surface area contributed by atoms with Crippen molar-refractivity contribution >= 4 is 15.9 Å². The van der Waals surface area contributed by atoms with Gasteiger partial charge < -0.3 is 14.8 Å². The second-order valence-corrected chi connectivity index (χ2v) is 12.8. The Morgan fingerprint density at radius 2 is 1.68 bits per heavy atom. The third kappa shape index (κ3) is 5.52. The molecule has 9 heteroatoms. The molecule has 4 rings (SSSR count). The largest absolute Gasteiger partial charge is 0.486 e. The molecule has 2 atom stereocenters. The van der Waals surface area contributed by atoms with Gasteiger partial charge in [-0.3, -0.25) is 9.69 Å². The summed E-state index contributed by atoms with van der Waals surface area (Å²) < 4.78 is 38.8. The summed E-state index contributed by atoms with van der Waals surface area (Å²) in [6.45, 7) is 13.2. The van der Waals surface area contributed by atoms with Crippen LogP contribution in [0.25, 0.3) is 0 Å². The van der Waals surface area contributed by atoms with E-state index in [2.05, 4.69) is 37.9 Å². The molecule has 8 nitrogen and oxygen atoms in total. The second-order valence-electron chi connectivity index (χ2n) is 10.9. The van der Waals surface area contributed by atoms with E-state index in [-0.39, 0.29) is 22.3 Å². The van der Waals surface area contributed by atoms with E-state index in [0.717, 1.165) is 13.1 Å². The lowest BCUT2D eigenvalue weighted by atomic mass is 9.88. The first-order valence-electron chi connectivity index (χ1n) is 12.5. The lowest BCUT2D eigenvalue weighted by Crippen LogP contribution is -2.56. The number of rotatable bonds is 6. The van der Waals surface area contributed by atoms with Crippen LogP contribution in [-0.2, 0) is 14.8 Å². The van der Waals surface area contributed by atoms with E-state index in [1.807, 2.05) is 0 Å². The van der Waals surface area contributed by atoms with Crippen molar-refractivity contribution in [3.63, 3.8) is 0 Å². The van der Waals surface area contributed by atoms with Gasteiger partial charge in [-0.1, -0.05) is 13.8 Å². The van der Waals surface area contributed by atoms with Crippen molar-refractivity contribution in [3.05, 3.63) is 18.2 Å². The van der Waals surface area contributed by atoms with E-state index in [1.54, 1.807) is 12.1 Å². The molecule has 3 aliphatic heterocycles. The average Bonchev–Trinajstić information content (AvgIpc) is 2.81. The molecule has 3 aliphatic rings. The topological polar surface area (TPSA) is 88.2 Å². The van der Waals surface area contributed by atoms with Gasteiger partial charge in [0.1, 0.15) is 13.2 Å². The molecule has 0 aromatic heterocycles. The number of nitrogens with zero attached hydrogens (tertiary/aromatic N) is 2. The standard InChI is InChI=1S/C25H39N3O5S/c1-18-13-19(2)16-27(15-18)25(3,4)17-26-24(29)20-7-9-28(10-8-20)34(30,31)21-5-6-22-23(14-21)33-12-11-32-22/h5-6,14,18-20H,7-13,15-17H2,1-4H3,(H,26,29). The Balaban J connectivity index is 1.30.